The normalized spacial score (nSPS) is 15.5. The fourth-order valence-electron chi connectivity index (χ4n) is 6.12. The van der Waals surface area contributed by atoms with E-state index < -0.39 is 12.0 Å². The van der Waals surface area contributed by atoms with Crippen LogP contribution >= 0.6 is 0 Å². The summed E-state index contributed by atoms with van der Waals surface area (Å²) >= 11 is 0. The van der Waals surface area contributed by atoms with Crippen LogP contribution in [0.15, 0.2) is 79.1 Å². The van der Waals surface area contributed by atoms with Gasteiger partial charge in [-0.2, -0.15) is 12.4 Å². The van der Waals surface area contributed by atoms with Crippen molar-refractivity contribution >= 4 is 5.78 Å². The molecule has 0 aliphatic heterocycles. The van der Waals surface area contributed by atoms with Crippen molar-refractivity contribution in [3.05, 3.63) is 101 Å². The molecule has 1 saturated carbocycles. The smallest absolute Gasteiger partial charge is 0.161 e. The number of phenols is 3. The lowest BCUT2D eigenvalue weighted by molar-refractivity contribution is -0.123. The topological polar surface area (TPSA) is 131 Å². The molecule has 1 aliphatic carbocycles. The first-order valence-corrected chi connectivity index (χ1v) is 15.2. The van der Waals surface area contributed by atoms with E-state index in [1.54, 1.807) is 54.9 Å². The number of nitrogens with zero attached hydrogens (tertiary/aromatic N) is 1. The average molecular weight is 599 g/mol. The number of hydrogen-bond donors (Lipinski definition) is 4. The highest BCUT2D eigenvalue weighted by Gasteiger charge is 2.29. The molecule has 0 bridgehead atoms. The third-order valence-electron chi connectivity index (χ3n) is 8.53. The molecule has 44 heavy (non-hydrogen) atoms. The largest absolute Gasteiger partial charge is 0.670 e. The number of ether oxygens (including phenoxy) is 2. The Kier molecular flexibility index (Phi) is 10.1. The summed E-state index contributed by atoms with van der Waals surface area (Å²) in [5.41, 5.74) is 3.27. The summed E-state index contributed by atoms with van der Waals surface area (Å²) in [5.74, 6) is -0.237. The molecular formula is C36H40NO7-. The van der Waals surface area contributed by atoms with Gasteiger partial charge in [0.25, 0.3) is 0 Å². The summed E-state index contributed by atoms with van der Waals surface area (Å²) < 4.78 is 11.4. The van der Waals surface area contributed by atoms with Gasteiger partial charge in [-0.05, 0) is 104 Å². The predicted octanol–water partition coefficient (Wildman–Crippen LogP) is 5.84. The Morgan fingerprint density at radius 3 is 2.23 bits per heavy atom. The van der Waals surface area contributed by atoms with Crippen molar-refractivity contribution in [2.45, 2.75) is 69.5 Å². The zero-order chi connectivity index (χ0) is 31.1. The number of hydrogen-bond acceptors (Lipinski definition) is 7. The molecular weight excluding hydrogens is 558 g/mol. The van der Waals surface area contributed by atoms with Crippen LogP contribution in [0, 0.1) is 5.92 Å². The fourth-order valence-corrected chi connectivity index (χ4v) is 6.12. The van der Waals surface area contributed by atoms with Gasteiger partial charge in [0.1, 0.15) is 11.5 Å². The van der Waals surface area contributed by atoms with Crippen LogP contribution in [0.4, 0.5) is 0 Å². The second kappa shape index (κ2) is 14.4. The molecule has 3 unspecified atom stereocenters. The fraction of sp³-hybridized carbons (Fsp3) is 0.361. The molecule has 4 aromatic rings. The molecule has 232 valence electrons. The molecule has 1 aliphatic rings. The number of ketones is 1. The molecule has 0 amide bonds. The molecule has 0 spiro atoms. The monoisotopic (exact) mass is 598 g/mol. The number of rotatable bonds is 14. The van der Waals surface area contributed by atoms with Gasteiger partial charge in [0.15, 0.2) is 23.0 Å². The Morgan fingerprint density at radius 1 is 0.864 bits per heavy atom. The minimum absolute atomic E-state index is 0.00257. The van der Waals surface area contributed by atoms with Crippen molar-refractivity contribution in [3.8, 4) is 28.7 Å². The van der Waals surface area contributed by atoms with Crippen LogP contribution in [0.25, 0.3) is 0 Å². The van der Waals surface area contributed by atoms with Crippen LogP contribution in [0.2, 0.25) is 0 Å². The van der Waals surface area contributed by atoms with Gasteiger partial charge in [-0.15, -0.1) is 0 Å². The summed E-state index contributed by atoms with van der Waals surface area (Å²) in [7, 11) is 1.47. The van der Waals surface area contributed by atoms with Crippen LogP contribution in [-0.2, 0) is 24.1 Å². The minimum Gasteiger partial charge on any atom is -0.670 e. The Bertz CT molecular complexity index is 1530. The number of benzene rings is 3. The predicted molar refractivity (Wildman–Crippen MR) is 166 cm³/mol. The second-order valence-electron chi connectivity index (χ2n) is 11.8. The average Bonchev–Trinajstić information content (AvgIpc) is 3.72. The molecule has 5 rings (SSSR count). The summed E-state index contributed by atoms with van der Waals surface area (Å²) in [6, 6.07) is 18.8. The molecule has 0 radical (unpaired) electrons. The second-order valence-corrected chi connectivity index (χ2v) is 11.8. The number of aromatic hydroxyl groups is 3. The van der Waals surface area contributed by atoms with Crippen LogP contribution in [0.1, 0.15) is 60.3 Å². The maximum atomic E-state index is 14.0. The maximum absolute atomic E-state index is 14.0. The third kappa shape index (κ3) is 7.94. The molecule has 3 aromatic carbocycles. The van der Waals surface area contributed by atoms with E-state index in [0.29, 0.717) is 36.3 Å². The quantitative estimate of drug-likeness (QED) is 0.142. The van der Waals surface area contributed by atoms with E-state index in [1.807, 2.05) is 18.2 Å². The maximum Gasteiger partial charge on any atom is 0.161 e. The van der Waals surface area contributed by atoms with E-state index in [1.165, 1.54) is 13.2 Å². The molecule has 1 heterocycles. The number of Topliss-reactive ketones (excluding diaryl/α,β-unsaturated/α-hetero) is 1. The highest BCUT2D eigenvalue weighted by molar-refractivity contribution is 5.86. The van der Waals surface area contributed by atoms with Crippen molar-refractivity contribution in [2.24, 2.45) is 5.92 Å². The van der Waals surface area contributed by atoms with Crippen molar-refractivity contribution in [1.29, 1.82) is 0 Å². The standard InChI is InChI=1S/C36H40NO7/c1-43-35-18-24(10-11-31(35)39)17-30(26-5-4-6-28(38)20-26)34(42)21-33(41)27(16-25-13-14-37-22-25)15-23-9-12-32(40)36(19-23)44-29-7-2-3-8-29/h4-6,9-14,18-20,22,27,29-30,33,38-41H,2-3,7-8,15-17,21H2,1H3/q-1. The van der Waals surface area contributed by atoms with Gasteiger partial charge in [-0.1, -0.05) is 35.9 Å². The van der Waals surface area contributed by atoms with Gasteiger partial charge < -0.3 is 34.9 Å². The zero-order valence-electron chi connectivity index (χ0n) is 24.9. The number of aliphatic hydroxyl groups excluding tert-OH is 1. The van der Waals surface area contributed by atoms with Crippen molar-refractivity contribution < 1.29 is 34.7 Å². The third-order valence-corrected chi connectivity index (χ3v) is 8.53. The number of methoxy groups -OCH3 is 1. The van der Waals surface area contributed by atoms with E-state index in [-0.39, 0.29) is 41.5 Å². The van der Waals surface area contributed by atoms with E-state index in [9.17, 15) is 25.2 Å². The van der Waals surface area contributed by atoms with Crippen molar-refractivity contribution in [2.75, 3.05) is 7.11 Å². The zero-order valence-corrected chi connectivity index (χ0v) is 24.9. The molecule has 3 atom stereocenters. The Balaban J connectivity index is 1.37. The van der Waals surface area contributed by atoms with Gasteiger partial charge in [0.05, 0.1) is 19.3 Å². The molecule has 8 heteroatoms. The van der Waals surface area contributed by atoms with E-state index in [4.69, 9.17) is 9.47 Å². The first kappa shape index (κ1) is 31.0. The molecule has 1 aromatic heterocycles. The van der Waals surface area contributed by atoms with E-state index in [0.717, 1.165) is 42.4 Å². The highest BCUT2D eigenvalue weighted by atomic mass is 16.5. The van der Waals surface area contributed by atoms with E-state index in [2.05, 4.69) is 4.98 Å². The first-order valence-electron chi connectivity index (χ1n) is 15.2. The van der Waals surface area contributed by atoms with Crippen LogP contribution < -0.4 is 14.5 Å². The minimum atomic E-state index is -0.973. The number of aromatic nitrogens is 1. The lowest BCUT2D eigenvalue weighted by Crippen LogP contribution is -2.30. The van der Waals surface area contributed by atoms with E-state index >= 15 is 0 Å². The summed E-state index contributed by atoms with van der Waals surface area (Å²) in [6.07, 6.45) is 7.93. The Morgan fingerprint density at radius 2 is 1.55 bits per heavy atom. The van der Waals surface area contributed by atoms with Gasteiger partial charge in [0.2, 0.25) is 0 Å². The Labute approximate surface area is 257 Å². The number of aliphatic hydroxyl groups is 1. The van der Waals surface area contributed by atoms with Crippen LogP contribution in [0.3, 0.4) is 0 Å². The number of carbonyl (C=O) groups is 1. The Hall–Kier alpha value is -4.43. The summed E-state index contributed by atoms with van der Waals surface area (Å²) in [5, 5.41) is 42.3. The van der Waals surface area contributed by atoms with Gasteiger partial charge in [0, 0.05) is 12.3 Å². The first-order chi connectivity index (χ1) is 21.3. The van der Waals surface area contributed by atoms with Crippen LogP contribution in [0.5, 0.6) is 28.7 Å². The highest BCUT2D eigenvalue weighted by Crippen LogP contribution is 2.35. The lowest BCUT2D eigenvalue weighted by Gasteiger charge is -2.26. The van der Waals surface area contributed by atoms with Gasteiger partial charge in [-0.25, -0.2) is 0 Å². The van der Waals surface area contributed by atoms with Gasteiger partial charge in [-0.3, -0.25) is 4.79 Å². The van der Waals surface area contributed by atoms with Gasteiger partial charge >= 0.3 is 0 Å². The van der Waals surface area contributed by atoms with Crippen LogP contribution in [-0.4, -0.2) is 45.5 Å². The molecule has 1 fully saturated rings. The summed E-state index contributed by atoms with van der Waals surface area (Å²) in [4.78, 5) is 18.1. The summed E-state index contributed by atoms with van der Waals surface area (Å²) in [6.45, 7) is 0. The van der Waals surface area contributed by atoms with Crippen molar-refractivity contribution in [1.82, 2.24) is 4.98 Å². The number of carbonyl (C=O) groups excluding carboxylic acids is 1. The lowest BCUT2D eigenvalue weighted by atomic mass is 9.81. The molecule has 4 N–H and O–H groups in total. The molecule has 8 nitrogen and oxygen atoms in total. The molecule has 0 saturated heterocycles. The number of phenolic OH excluding ortho intramolecular Hbond substituents is 3. The SMILES string of the molecule is COc1cc(CC(C(=O)CC(O)C(Cc2cc[n-]c2)Cc2ccc(O)c(OC3CCCC3)c2)c2cccc(O)c2)ccc1O. The van der Waals surface area contributed by atoms with Crippen molar-refractivity contribution in [3.63, 3.8) is 0 Å².